The van der Waals surface area contributed by atoms with Crippen LogP contribution in [-0.2, 0) is 4.74 Å². The molecule has 0 radical (unpaired) electrons. The molecule has 1 aliphatic heterocycles. The molecule has 1 fully saturated rings. The molecule has 1 aliphatic rings. The van der Waals surface area contributed by atoms with Crippen LogP contribution in [0.15, 0.2) is 24.3 Å². The Labute approximate surface area is 127 Å². The Bertz CT molecular complexity index is 407. The van der Waals surface area contributed by atoms with E-state index in [4.69, 9.17) is 16.3 Å². The third-order valence-electron chi connectivity index (χ3n) is 4.03. The first-order chi connectivity index (χ1) is 9.72. The van der Waals surface area contributed by atoms with Crippen molar-refractivity contribution in [2.24, 2.45) is 0 Å². The van der Waals surface area contributed by atoms with Gasteiger partial charge in [-0.15, -0.1) is 0 Å². The SMILES string of the molecule is CCNC(CCN(C)C1CCOC1)c1ccccc1Cl. The van der Waals surface area contributed by atoms with Crippen molar-refractivity contribution in [3.63, 3.8) is 0 Å². The van der Waals surface area contributed by atoms with Crippen LogP contribution in [0, 0.1) is 0 Å². The molecule has 0 saturated carbocycles. The Morgan fingerprint density at radius 3 is 2.90 bits per heavy atom. The van der Waals surface area contributed by atoms with E-state index >= 15 is 0 Å². The second kappa shape index (κ2) is 7.99. The Kier molecular flexibility index (Phi) is 6.30. The van der Waals surface area contributed by atoms with Gasteiger partial charge >= 0.3 is 0 Å². The summed E-state index contributed by atoms with van der Waals surface area (Å²) in [5.41, 5.74) is 1.20. The maximum absolute atomic E-state index is 6.32. The average molecular weight is 297 g/mol. The summed E-state index contributed by atoms with van der Waals surface area (Å²) >= 11 is 6.32. The van der Waals surface area contributed by atoms with Crippen LogP contribution in [0.1, 0.15) is 31.4 Å². The van der Waals surface area contributed by atoms with Crippen LogP contribution in [-0.4, -0.2) is 44.3 Å². The van der Waals surface area contributed by atoms with E-state index in [0.717, 1.165) is 44.2 Å². The molecule has 1 saturated heterocycles. The van der Waals surface area contributed by atoms with E-state index in [2.05, 4.69) is 36.3 Å². The van der Waals surface area contributed by atoms with Gasteiger partial charge in [0.25, 0.3) is 0 Å². The second-order valence-electron chi connectivity index (χ2n) is 5.42. The van der Waals surface area contributed by atoms with E-state index in [-0.39, 0.29) is 0 Å². The molecular weight excluding hydrogens is 272 g/mol. The van der Waals surface area contributed by atoms with Gasteiger partial charge in [0.15, 0.2) is 0 Å². The van der Waals surface area contributed by atoms with Crippen LogP contribution in [0.3, 0.4) is 0 Å². The van der Waals surface area contributed by atoms with Gasteiger partial charge in [-0.2, -0.15) is 0 Å². The number of halogens is 1. The molecule has 2 rings (SSSR count). The van der Waals surface area contributed by atoms with E-state index < -0.39 is 0 Å². The van der Waals surface area contributed by atoms with Crippen molar-refractivity contribution in [2.45, 2.75) is 31.8 Å². The summed E-state index contributed by atoms with van der Waals surface area (Å²) in [5, 5.41) is 4.40. The highest BCUT2D eigenvalue weighted by atomic mass is 35.5. The van der Waals surface area contributed by atoms with Crippen molar-refractivity contribution >= 4 is 11.6 Å². The average Bonchev–Trinajstić information content (AvgIpc) is 2.98. The lowest BCUT2D eigenvalue weighted by atomic mass is 10.0. The monoisotopic (exact) mass is 296 g/mol. The molecule has 2 unspecified atom stereocenters. The topological polar surface area (TPSA) is 24.5 Å². The van der Waals surface area contributed by atoms with Crippen LogP contribution in [0.25, 0.3) is 0 Å². The number of hydrogen-bond donors (Lipinski definition) is 1. The fraction of sp³-hybridized carbons (Fsp3) is 0.625. The Morgan fingerprint density at radius 1 is 1.45 bits per heavy atom. The number of hydrogen-bond acceptors (Lipinski definition) is 3. The zero-order chi connectivity index (χ0) is 14.4. The molecule has 0 amide bonds. The molecule has 0 spiro atoms. The molecule has 1 aromatic carbocycles. The quantitative estimate of drug-likeness (QED) is 0.837. The normalized spacial score (nSPS) is 20.5. The number of nitrogens with zero attached hydrogens (tertiary/aromatic N) is 1. The van der Waals surface area contributed by atoms with Crippen molar-refractivity contribution in [3.05, 3.63) is 34.9 Å². The predicted octanol–water partition coefficient (Wildman–Crippen LogP) is 3.10. The predicted molar refractivity (Wildman–Crippen MR) is 84.3 cm³/mol. The third-order valence-corrected chi connectivity index (χ3v) is 4.37. The Hall–Kier alpha value is -0.610. The van der Waals surface area contributed by atoms with E-state index in [1.165, 1.54) is 5.56 Å². The van der Waals surface area contributed by atoms with Gasteiger partial charge in [-0.25, -0.2) is 0 Å². The maximum atomic E-state index is 6.32. The van der Waals surface area contributed by atoms with E-state index in [9.17, 15) is 0 Å². The van der Waals surface area contributed by atoms with Crippen molar-refractivity contribution in [1.82, 2.24) is 10.2 Å². The van der Waals surface area contributed by atoms with Crippen LogP contribution in [0.5, 0.6) is 0 Å². The Morgan fingerprint density at radius 2 is 2.25 bits per heavy atom. The van der Waals surface area contributed by atoms with E-state index in [0.29, 0.717) is 12.1 Å². The van der Waals surface area contributed by atoms with Crippen molar-refractivity contribution in [1.29, 1.82) is 0 Å². The first-order valence-corrected chi connectivity index (χ1v) is 7.86. The molecule has 2 atom stereocenters. The number of nitrogens with one attached hydrogen (secondary N) is 1. The van der Waals surface area contributed by atoms with E-state index in [1.54, 1.807) is 0 Å². The first kappa shape index (κ1) is 15.8. The summed E-state index contributed by atoms with van der Waals surface area (Å²) in [6.07, 6.45) is 2.21. The summed E-state index contributed by atoms with van der Waals surface area (Å²) in [6.45, 7) is 5.91. The van der Waals surface area contributed by atoms with Gasteiger partial charge in [-0.1, -0.05) is 36.7 Å². The second-order valence-corrected chi connectivity index (χ2v) is 5.83. The number of benzene rings is 1. The van der Waals surface area contributed by atoms with Gasteiger partial charge in [0.05, 0.1) is 6.61 Å². The lowest BCUT2D eigenvalue weighted by molar-refractivity contribution is 0.156. The van der Waals surface area contributed by atoms with Crippen LogP contribution < -0.4 is 5.32 Å². The number of likely N-dealkylation sites (N-methyl/N-ethyl adjacent to an activating group) is 1. The molecule has 112 valence electrons. The molecule has 0 bridgehead atoms. The summed E-state index contributed by atoms with van der Waals surface area (Å²) in [6, 6.07) is 9.02. The minimum absolute atomic E-state index is 0.318. The zero-order valence-electron chi connectivity index (χ0n) is 12.4. The molecule has 4 heteroatoms. The summed E-state index contributed by atoms with van der Waals surface area (Å²) in [5.74, 6) is 0. The van der Waals surface area contributed by atoms with Gasteiger partial charge in [-0.3, -0.25) is 0 Å². The smallest absolute Gasteiger partial charge is 0.0622 e. The number of ether oxygens (including phenoxy) is 1. The number of rotatable bonds is 7. The Balaban J connectivity index is 1.93. The minimum Gasteiger partial charge on any atom is -0.380 e. The molecule has 3 nitrogen and oxygen atoms in total. The first-order valence-electron chi connectivity index (χ1n) is 7.48. The molecule has 0 aliphatic carbocycles. The van der Waals surface area contributed by atoms with Gasteiger partial charge in [0.1, 0.15) is 0 Å². The molecule has 1 aromatic rings. The summed E-state index contributed by atoms with van der Waals surface area (Å²) in [4.78, 5) is 2.41. The van der Waals surface area contributed by atoms with Crippen LogP contribution in [0.2, 0.25) is 5.02 Å². The largest absolute Gasteiger partial charge is 0.380 e. The zero-order valence-corrected chi connectivity index (χ0v) is 13.2. The molecule has 1 heterocycles. The fourth-order valence-electron chi connectivity index (χ4n) is 2.76. The highest BCUT2D eigenvalue weighted by Gasteiger charge is 2.21. The van der Waals surface area contributed by atoms with Gasteiger partial charge in [-0.05, 0) is 38.1 Å². The van der Waals surface area contributed by atoms with Gasteiger partial charge in [0, 0.05) is 30.3 Å². The van der Waals surface area contributed by atoms with Crippen molar-refractivity contribution < 1.29 is 4.74 Å². The van der Waals surface area contributed by atoms with Crippen LogP contribution >= 0.6 is 11.6 Å². The summed E-state index contributed by atoms with van der Waals surface area (Å²) < 4.78 is 5.46. The van der Waals surface area contributed by atoms with Crippen molar-refractivity contribution in [2.75, 3.05) is 33.4 Å². The lowest BCUT2D eigenvalue weighted by Crippen LogP contribution is -2.35. The molecule has 1 N–H and O–H groups in total. The van der Waals surface area contributed by atoms with Gasteiger partial charge < -0.3 is 15.0 Å². The maximum Gasteiger partial charge on any atom is 0.0622 e. The highest BCUT2D eigenvalue weighted by Crippen LogP contribution is 2.25. The lowest BCUT2D eigenvalue weighted by Gasteiger charge is -2.26. The summed E-state index contributed by atoms with van der Waals surface area (Å²) in [7, 11) is 2.19. The molecule has 20 heavy (non-hydrogen) atoms. The van der Waals surface area contributed by atoms with Gasteiger partial charge in [0.2, 0.25) is 0 Å². The molecular formula is C16H25ClN2O. The third kappa shape index (κ3) is 4.19. The minimum atomic E-state index is 0.318. The van der Waals surface area contributed by atoms with E-state index in [1.807, 2.05) is 12.1 Å². The highest BCUT2D eigenvalue weighted by molar-refractivity contribution is 6.31. The molecule has 0 aromatic heterocycles. The standard InChI is InChI=1S/C16H25ClN2O/c1-3-18-16(14-6-4-5-7-15(14)17)8-10-19(2)13-9-11-20-12-13/h4-7,13,16,18H,3,8-12H2,1-2H3. The fourth-order valence-corrected chi connectivity index (χ4v) is 3.02. The van der Waals surface area contributed by atoms with Crippen molar-refractivity contribution in [3.8, 4) is 0 Å². The van der Waals surface area contributed by atoms with Crippen LogP contribution in [0.4, 0.5) is 0 Å².